The average molecular weight is 375 g/mol. The van der Waals surface area contributed by atoms with Gasteiger partial charge in [0.05, 0.1) is 17.6 Å². The van der Waals surface area contributed by atoms with Gasteiger partial charge in [0.2, 0.25) is 5.82 Å². The molecule has 0 radical (unpaired) electrons. The summed E-state index contributed by atoms with van der Waals surface area (Å²) in [6.07, 6.45) is 6.00. The number of nitrogens with two attached hydrogens (primary N) is 1. The van der Waals surface area contributed by atoms with Gasteiger partial charge in [0.1, 0.15) is 6.07 Å². The third-order valence-corrected chi connectivity index (χ3v) is 4.86. The van der Waals surface area contributed by atoms with Crippen molar-refractivity contribution in [2.24, 2.45) is 5.73 Å². The van der Waals surface area contributed by atoms with Gasteiger partial charge in [0.15, 0.2) is 5.69 Å². The van der Waals surface area contributed by atoms with Crippen molar-refractivity contribution in [2.45, 2.75) is 37.8 Å². The lowest BCUT2D eigenvalue weighted by Gasteiger charge is -2.30. The van der Waals surface area contributed by atoms with Crippen LogP contribution in [0.2, 0.25) is 0 Å². The van der Waals surface area contributed by atoms with Gasteiger partial charge in [-0.2, -0.15) is 10.2 Å². The molecule has 28 heavy (non-hydrogen) atoms. The number of hydrogen-bond donors (Lipinski definition) is 3. The lowest BCUT2D eigenvalue weighted by atomic mass is 9.91. The first-order chi connectivity index (χ1) is 13.7. The molecule has 4 N–H and O–H groups in total. The number of nitrogens with zero attached hydrogens (tertiary/aromatic N) is 4. The second kappa shape index (κ2) is 8.06. The number of hydrogen-bond acceptors (Lipinski definition) is 8. The molecule has 4 rings (SSSR count). The molecule has 1 saturated carbocycles. The highest BCUT2D eigenvalue weighted by Crippen LogP contribution is 2.26. The van der Waals surface area contributed by atoms with Crippen LogP contribution in [0.5, 0.6) is 0 Å². The molecule has 2 heterocycles. The second-order valence-electron chi connectivity index (χ2n) is 6.85. The highest BCUT2D eigenvalue weighted by molar-refractivity contribution is 5.66. The molecular weight excluding hydrogens is 354 g/mol. The van der Waals surface area contributed by atoms with Crippen LogP contribution in [0.3, 0.4) is 0 Å². The van der Waals surface area contributed by atoms with Crippen LogP contribution in [-0.4, -0.2) is 27.2 Å². The van der Waals surface area contributed by atoms with E-state index in [0.717, 1.165) is 30.5 Å². The van der Waals surface area contributed by atoms with Crippen LogP contribution in [-0.2, 0) is 0 Å². The SMILES string of the molecule is N#Cc1ncc(N[C@@H]2CCCC[C@@H]2N)cc1Nc1nc(-c2ccccc2)no1. The van der Waals surface area contributed by atoms with E-state index >= 15 is 0 Å². The van der Waals surface area contributed by atoms with Crippen LogP contribution in [0, 0.1) is 11.3 Å². The molecule has 3 aromatic rings. The molecule has 0 saturated heterocycles. The van der Waals surface area contributed by atoms with Crippen molar-refractivity contribution in [2.75, 3.05) is 10.6 Å². The van der Waals surface area contributed by atoms with Crippen LogP contribution in [0.15, 0.2) is 47.1 Å². The predicted molar refractivity (Wildman–Crippen MR) is 106 cm³/mol. The molecule has 8 heteroatoms. The van der Waals surface area contributed by atoms with Crippen LogP contribution in [0.25, 0.3) is 11.4 Å². The van der Waals surface area contributed by atoms with Crippen molar-refractivity contribution < 1.29 is 4.52 Å². The number of benzene rings is 1. The molecule has 0 unspecified atom stereocenters. The summed E-state index contributed by atoms with van der Waals surface area (Å²) in [5, 5.41) is 19.8. The minimum absolute atomic E-state index is 0.116. The summed E-state index contributed by atoms with van der Waals surface area (Å²) >= 11 is 0. The van der Waals surface area contributed by atoms with Crippen LogP contribution in [0.4, 0.5) is 17.4 Å². The van der Waals surface area contributed by atoms with Gasteiger partial charge in [0, 0.05) is 17.6 Å². The summed E-state index contributed by atoms with van der Waals surface area (Å²) in [4.78, 5) is 8.57. The average Bonchev–Trinajstić information content (AvgIpc) is 3.19. The maximum Gasteiger partial charge on any atom is 0.326 e. The fourth-order valence-electron chi connectivity index (χ4n) is 3.37. The van der Waals surface area contributed by atoms with E-state index in [4.69, 9.17) is 10.3 Å². The van der Waals surface area contributed by atoms with E-state index in [1.807, 2.05) is 36.4 Å². The molecule has 0 aliphatic heterocycles. The first kappa shape index (κ1) is 17.9. The molecule has 2 atom stereocenters. The minimum atomic E-state index is 0.116. The van der Waals surface area contributed by atoms with Gasteiger partial charge in [0.25, 0.3) is 0 Å². The van der Waals surface area contributed by atoms with Gasteiger partial charge in [-0.25, -0.2) is 4.98 Å². The number of pyridine rings is 1. The van der Waals surface area contributed by atoms with E-state index in [1.54, 1.807) is 6.20 Å². The molecule has 142 valence electrons. The Balaban J connectivity index is 1.54. The monoisotopic (exact) mass is 375 g/mol. The van der Waals surface area contributed by atoms with Crippen molar-refractivity contribution in [3.8, 4) is 17.5 Å². The fourth-order valence-corrected chi connectivity index (χ4v) is 3.37. The summed E-state index contributed by atoms with van der Waals surface area (Å²) in [7, 11) is 0. The van der Waals surface area contributed by atoms with Gasteiger partial charge >= 0.3 is 6.01 Å². The summed E-state index contributed by atoms with van der Waals surface area (Å²) in [5.41, 5.74) is 8.61. The van der Waals surface area contributed by atoms with E-state index in [-0.39, 0.29) is 23.8 Å². The Morgan fingerprint density at radius 2 is 2.00 bits per heavy atom. The molecule has 2 aromatic heterocycles. The standard InChI is InChI=1S/C20H21N7O/c21-11-18-17(10-14(12-23-18)24-16-9-5-4-8-15(16)22)25-20-26-19(27-28-20)13-6-2-1-3-7-13/h1-3,6-7,10,12,15-16,24H,4-5,8-9,22H2,(H,25,26,27)/t15-,16+/m0/s1. The quantitative estimate of drug-likeness (QED) is 0.619. The summed E-state index contributed by atoms with van der Waals surface area (Å²) in [5.74, 6) is 0.469. The molecule has 1 aliphatic rings. The van der Waals surface area contributed by atoms with Gasteiger partial charge < -0.3 is 20.9 Å². The molecule has 1 aliphatic carbocycles. The maximum absolute atomic E-state index is 9.37. The second-order valence-corrected chi connectivity index (χ2v) is 6.85. The normalized spacial score (nSPS) is 19.0. The van der Waals surface area contributed by atoms with Gasteiger partial charge in [-0.05, 0) is 18.9 Å². The number of nitrogens with one attached hydrogen (secondary N) is 2. The molecular formula is C20H21N7O. The van der Waals surface area contributed by atoms with Gasteiger partial charge in [-0.1, -0.05) is 48.3 Å². The summed E-state index contributed by atoms with van der Waals surface area (Å²) < 4.78 is 5.28. The predicted octanol–water partition coefficient (Wildman–Crippen LogP) is 3.43. The zero-order valence-electron chi connectivity index (χ0n) is 15.3. The lowest BCUT2D eigenvalue weighted by molar-refractivity contribution is 0.404. The Bertz CT molecular complexity index is 980. The van der Waals surface area contributed by atoms with E-state index in [1.165, 1.54) is 6.42 Å². The highest BCUT2D eigenvalue weighted by Gasteiger charge is 2.22. The number of aromatic nitrogens is 3. The molecule has 1 aromatic carbocycles. The number of rotatable bonds is 5. The Morgan fingerprint density at radius 1 is 1.18 bits per heavy atom. The number of anilines is 3. The van der Waals surface area contributed by atoms with E-state index in [0.29, 0.717) is 11.5 Å². The van der Waals surface area contributed by atoms with Crippen LogP contribution in [0.1, 0.15) is 31.4 Å². The Morgan fingerprint density at radius 3 is 2.79 bits per heavy atom. The first-order valence-corrected chi connectivity index (χ1v) is 9.31. The summed E-state index contributed by atoms with van der Waals surface area (Å²) in [6, 6.07) is 13.9. The Hall–Kier alpha value is -3.44. The third kappa shape index (κ3) is 3.94. The fraction of sp³-hybridized carbons (Fsp3) is 0.300. The van der Waals surface area contributed by atoms with E-state index in [2.05, 4.69) is 31.8 Å². The van der Waals surface area contributed by atoms with Crippen molar-refractivity contribution >= 4 is 17.4 Å². The van der Waals surface area contributed by atoms with Crippen LogP contribution >= 0.6 is 0 Å². The number of nitriles is 1. The largest absolute Gasteiger partial charge is 0.379 e. The lowest BCUT2D eigenvalue weighted by Crippen LogP contribution is -2.42. The highest BCUT2D eigenvalue weighted by atomic mass is 16.5. The van der Waals surface area contributed by atoms with Crippen LogP contribution < -0.4 is 16.4 Å². The van der Waals surface area contributed by atoms with Crippen molar-refractivity contribution in [3.05, 3.63) is 48.3 Å². The van der Waals surface area contributed by atoms with E-state index < -0.39 is 0 Å². The van der Waals surface area contributed by atoms with Crippen molar-refractivity contribution in [1.29, 1.82) is 5.26 Å². The topological polar surface area (TPSA) is 126 Å². The van der Waals surface area contributed by atoms with Gasteiger partial charge in [-0.15, -0.1) is 0 Å². The molecule has 0 bridgehead atoms. The Kier molecular flexibility index (Phi) is 5.17. The zero-order valence-corrected chi connectivity index (χ0v) is 15.3. The first-order valence-electron chi connectivity index (χ1n) is 9.31. The molecule has 8 nitrogen and oxygen atoms in total. The molecule has 0 amide bonds. The van der Waals surface area contributed by atoms with E-state index in [9.17, 15) is 5.26 Å². The molecule has 0 spiro atoms. The Labute approximate surface area is 162 Å². The third-order valence-electron chi connectivity index (χ3n) is 4.86. The minimum Gasteiger partial charge on any atom is -0.379 e. The van der Waals surface area contributed by atoms with Crippen molar-refractivity contribution in [3.63, 3.8) is 0 Å². The zero-order chi connectivity index (χ0) is 19.3. The summed E-state index contributed by atoms with van der Waals surface area (Å²) in [6.45, 7) is 0. The smallest absolute Gasteiger partial charge is 0.326 e. The maximum atomic E-state index is 9.37. The van der Waals surface area contributed by atoms with Crippen molar-refractivity contribution in [1.82, 2.24) is 15.1 Å². The van der Waals surface area contributed by atoms with Gasteiger partial charge in [-0.3, -0.25) is 0 Å². The molecule has 1 fully saturated rings.